The van der Waals surface area contributed by atoms with E-state index in [1.807, 2.05) is 30.3 Å². The number of aliphatic hydroxyl groups excluding tert-OH is 1. The average Bonchev–Trinajstić information content (AvgIpc) is 2.62. The Kier molecular flexibility index (Phi) is 4.22. The molecule has 0 radical (unpaired) electrons. The molecular weight excluding hydrogens is 224 g/mol. The van der Waals surface area contributed by atoms with Gasteiger partial charge in [0.15, 0.2) is 0 Å². The summed E-state index contributed by atoms with van der Waals surface area (Å²) < 4.78 is 5.60. The van der Waals surface area contributed by atoms with Gasteiger partial charge in [0.2, 0.25) is 0 Å². The minimum atomic E-state index is -0.405. The Balaban J connectivity index is 1.73. The van der Waals surface area contributed by atoms with Crippen LogP contribution < -0.4 is 0 Å². The minimum absolute atomic E-state index is 0.0923. The molecular formula is C13H17ClO2. The first-order valence-electron chi connectivity index (χ1n) is 5.71. The third-order valence-corrected chi connectivity index (χ3v) is 3.59. The van der Waals surface area contributed by atoms with Crippen molar-refractivity contribution < 1.29 is 9.84 Å². The molecule has 0 heterocycles. The third kappa shape index (κ3) is 2.97. The summed E-state index contributed by atoms with van der Waals surface area (Å²) in [5.41, 5.74) is 1.16. The molecule has 0 saturated heterocycles. The van der Waals surface area contributed by atoms with Crippen molar-refractivity contribution in [3.8, 4) is 0 Å². The molecule has 1 aliphatic rings. The standard InChI is InChI=1S/C13H17ClO2/c14-12-7-6-11(13(12)15)9-16-8-10-4-2-1-3-5-10/h1-5,11-13,15H,6-9H2/t11-,12+,13+/m0/s1. The van der Waals surface area contributed by atoms with Crippen LogP contribution in [0, 0.1) is 5.92 Å². The lowest BCUT2D eigenvalue weighted by Gasteiger charge is -2.16. The Hall–Kier alpha value is -0.570. The fourth-order valence-electron chi connectivity index (χ4n) is 2.09. The Morgan fingerprint density at radius 3 is 2.62 bits per heavy atom. The Bertz CT molecular complexity index is 315. The zero-order valence-electron chi connectivity index (χ0n) is 9.18. The van der Waals surface area contributed by atoms with Crippen molar-refractivity contribution >= 4 is 11.6 Å². The zero-order chi connectivity index (χ0) is 11.4. The lowest BCUT2D eigenvalue weighted by atomic mass is 10.1. The summed E-state index contributed by atoms with van der Waals surface area (Å²) in [4.78, 5) is 0. The van der Waals surface area contributed by atoms with Crippen LogP contribution in [-0.4, -0.2) is 23.2 Å². The van der Waals surface area contributed by atoms with Crippen LogP contribution >= 0.6 is 11.6 Å². The van der Waals surface area contributed by atoms with Gasteiger partial charge in [0.25, 0.3) is 0 Å². The number of rotatable bonds is 4. The largest absolute Gasteiger partial charge is 0.391 e. The van der Waals surface area contributed by atoms with Gasteiger partial charge in [-0.1, -0.05) is 30.3 Å². The molecule has 1 fully saturated rings. The Labute approximate surface area is 101 Å². The minimum Gasteiger partial charge on any atom is -0.391 e. The van der Waals surface area contributed by atoms with Gasteiger partial charge in [-0.3, -0.25) is 0 Å². The van der Waals surface area contributed by atoms with Crippen molar-refractivity contribution in [3.63, 3.8) is 0 Å². The average molecular weight is 241 g/mol. The molecule has 0 bridgehead atoms. The zero-order valence-corrected chi connectivity index (χ0v) is 9.94. The number of hydrogen-bond acceptors (Lipinski definition) is 2. The Morgan fingerprint density at radius 1 is 1.25 bits per heavy atom. The summed E-state index contributed by atoms with van der Waals surface area (Å²) >= 11 is 5.95. The van der Waals surface area contributed by atoms with E-state index in [-0.39, 0.29) is 11.3 Å². The predicted molar refractivity (Wildman–Crippen MR) is 64.5 cm³/mol. The molecule has 0 amide bonds. The monoisotopic (exact) mass is 240 g/mol. The molecule has 2 rings (SSSR count). The molecule has 0 aromatic heterocycles. The van der Waals surface area contributed by atoms with Crippen LogP contribution in [0.4, 0.5) is 0 Å². The number of ether oxygens (including phenoxy) is 1. The van der Waals surface area contributed by atoms with E-state index in [0.717, 1.165) is 18.4 Å². The van der Waals surface area contributed by atoms with Gasteiger partial charge in [0.05, 0.1) is 24.7 Å². The number of aliphatic hydroxyl groups is 1. The molecule has 3 atom stereocenters. The topological polar surface area (TPSA) is 29.5 Å². The smallest absolute Gasteiger partial charge is 0.0753 e. The van der Waals surface area contributed by atoms with E-state index in [0.29, 0.717) is 13.2 Å². The van der Waals surface area contributed by atoms with E-state index in [1.54, 1.807) is 0 Å². The highest BCUT2D eigenvalue weighted by Gasteiger charge is 2.33. The molecule has 1 aromatic carbocycles. The maximum atomic E-state index is 9.74. The van der Waals surface area contributed by atoms with Crippen molar-refractivity contribution in [1.29, 1.82) is 0 Å². The summed E-state index contributed by atoms with van der Waals surface area (Å²) in [5.74, 6) is 0.200. The number of benzene rings is 1. The lowest BCUT2D eigenvalue weighted by molar-refractivity contribution is 0.0377. The first-order chi connectivity index (χ1) is 7.77. The van der Waals surface area contributed by atoms with Crippen LogP contribution in [0.2, 0.25) is 0 Å². The molecule has 16 heavy (non-hydrogen) atoms. The van der Waals surface area contributed by atoms with Crippen molar-refractivity contribution in [2.24, 2.45) is 5.92 Å². The van der Waals surface area contributed by atoms with Crippen LogP contribution in [0.1, 0.15) is 18.4 Å². The van der Waals surface area contributed by atoms with E-state index in [9.17, 15) is 5.11 Å². The van der Waals surface area contributed by atoms with Crippen LogP contribution in [0.3, 0.4) is 0 Å². The van der Waals surface area contributed by atoms with Crippen molar-refractivity contribution in [3.05, 3.63) is 35.9 Å². The van der Waals surface area contributed by atoms with Gasteiger partial charge < -0.3 is 9.84 Å². The summed E-state index contributed by atoms with van der Waals surface area (Å²) in [5, 5.41) is 9.65. The molecule has 88 valence electrons. The van der Waals surface area contributed by atoms with Gasteiger partial charge >= 0.3 is 0 Å². The second kappa shape index (κ2) is 5.67. The molecule has 1 aromatic rings. The number of alkyl halides is 1. The summed E-state index contributed by atoms with van der Waals surface area (Å²) in [7, 11) is 0. The third-order valence-electron chi connectivity index (χ3n) is 3.11. The van der Waals surface area contributed by atoms with Crippen LogP contribution in [0.15, 0.2) is 30.3 Å². The van der Waals surface area contributed by atoms with Gasteiger partial charge in [0.1, 0.15) is 0 Å². The van der Waals surface area contributed by atoms with Crippen molar-refractivity contribution in [2.45, 2.75) is 30.9 Å². The predicted octanol–water partition coefficient (Wildman–Crippen LogP) is 2.58. The van der Waals surface area contributed by atoms with Gasteiger partial charge in [-0.25, -0.2) is 0 Å². The van der Waals surface area contributed by atoms with Gasteiger partial charge in [-0.15, -0.1) is 11.6 Å². The normalized spacial score (nSPS) is 29.5. The fraction of sp³-hybridized carbons (Fsp3) is 0.538. The van der Waals surface area contributed by atoms with Crippen LogP contribution in [0.25, 0.3) is 0 Å². The van der Waals surface area contributed by atoms with Gasteiger partial charge in [-0.05, 0) is 18.4 Å². The van der Waals surface area contributed by atoms with Crippen molar-refractivity contribution in [2.75, 3.05) is 6.61 Å². The maximum Gasteiger partial charge on any atom is 0.0753 e. The molecule has 0 aliphatic heterocycles. The molecule has 0 spiro atoms. The second-order valence-corrected chi connectivity index (χ2v) is 4.91. The van der Waals surface area contributed by atoms with E-state index < -0.39 is 6.10 Å². The van der Waals surface area contributed by atoms with E-state index >= 15 is 0 Å². The summed E-state index contributed by atoms with van der Waals surface area (Å²) in [6.45, 7) is 1.20. The van der Waals surface area contributed by atoms with Gasteiger partial charge in [0, 0.05) is 5.92 Å². The maximum absolute atomic E-state index is 9.74. The highest BCUT2D eigenvalue weighted by atomic mass is 35.5. The summed E-state index contributed by atoms with van der Waals surface area (Å²) in [6.07, 6.45) is 1.45. The fourth-order valence-corrected chi connectivity index (χ4v) is 2.43. The highest BCUT2D eigenvalue weighted by molar-refractivity contribution is 6.21. The highest BCUT2D eigenvalue weighted by Crippen LogP contribution is 2.30. The van der Waals surface area contributed by atoms with E-state index in [4.69, 9.17) is 16.3 Å². The van der Waals surface area contributed by atoms with Crippen LogP contribution in [0.5, 0.6) is 0 Å². The molecule has 0 unspecified atom stereocenters. The van der Waals surface area contributed by atoms with E-state index in [2.05, 4.69) is 0 Å². The summed E-state index contributed by atoms with van der Waals surface area (Å²) in [6, 6.07) is 10.1. The molecule has 2 nitrogen and oxygen atoms in total. The first kappa shape index (κ1) is 11.9. The quantitative estimate of drug-likeness (QED) is 0.820. The van der Waals surface area contributed by atoms with Crippen molar-refractivity contribution in [1.82, 2.24) is 0 Å². The van der Waals surface area contributed by atoms with E-state index in [1.165, 1.54) is 0 Å². The second-order valence-electron chi connectivity index (χ2n) is 4.34. The van der Waals surface area contributed by atoms with Gasteiger partial charge in [-0.2, -0.15) is 0 Å². The Morgan fingerprint density at radius 2 is 2.00 bits per heavy atom. The van der Waals surface area contributed by atoms with Crippen LogP contribution in [-0.2, 0) is 11.3 Å². The molecule has 1 saturated carbocycles. The molecule has 1 aliphatic carbocycles. The first-order valence-corrected chi connectivity index (χ1v) is 6.15. The number of hydrogen-bond donors (Lipinski definition) is 1. The molecule has 1 N–H and O–H groups in total. The molecule has 3 heteroatoms. The lowest BCUT2D eigenvalue weighted by Crippen LogP contribution is -2.24. The SMILES string of the molecule is O[C@@H]1[C@H](COCc2ccccc2)CC[C@H]1Cl. The number of halogens is 1.